The molecular weight excluding hydrogens is 354 g/mol. The smallest absolute Gasteiger partial charge is 0.221 e. The van der Waals surface area contributed by atoms with Crippen molar-refractivity contribution < 1.29 is 4.79 Å². The van der Waals surface area contributed by atoms with E-state index in [2.05, 4.69) is 21.4 Å². The first-order chi connectivity index (χ1) is 13.3. The SMILES string of the molecule is O=C(CCc1nc2ccccc2s1)NC(c1ccccc1)c1ccncc1. The summed E-state index contributed by atoms with van der Waals surface area (Å²) < 4.78 is 1.16. The maximum absolute atomic E-state index is 12.6. The van der Waals surface area contributed by atoms with Gasteiger partial charge in [0.1, 0.15) is 0 Å². The Balaban J connectivity index is 1.47. The third-order valence-corrected chi connectivity index (χ3v) is 5.48. The van der Waals surface area contributed by atoms with Gasteiger partial charge in [-0.15, -0.1) is 11.3 Å². The Morgan fingerprint density at radius 2 is 1.63 bits per heavy atom. The van der Waals surface area contributed by atoms with Crippen LogP contribution in [0.25, 0.3) is 10.2 Å². The van der Waals surface area contributed by atoms with E-state index in [1.165, 1.54) is 0 Å². The molecule has 0 aliphatic carbocycles. The number of carbonyl (C=O) groups excluding carboxylic acids is 1. The molecule has 2 aromatic heterocycles. The van der Waals surface area contributed by atoms with Gasteiger partial charge in [0.2, 0.25) is 5.91 Å². The summed E-state index contributed by atoms with van der Waals surface area (Å²) in [5.74, 6) is 0.0138. The number of thiazole rings is 1. The number of aryl methyl sites for hydroxylation is 1. The number of carbonyl (C=O) groups is 1. The number of hydrogen-bond donors (Lipinski definition) is 1. The summed E-state index contributed by atoms with van der Waals surface area (Å²) in [5, 5.41) is 4.16. The minimum Gasteiger partial charge on any atom is -0.345 e. The number of nitrogens with one attached hydrogen (secondary N) is 1. The summed E-state index contributed by atoms with van der Waals surface area (Å²) in [6, 6.07) is 21.7. The van der Waals surface area contributed by atoms with Crippen LogP contribution in [-0.2, 0) is 11.2 Å². The summed E-state index contributed by atoms with van der Waals surface area (Å²) in [5.41, 5.74) is 3.07. The summed E-state index contributed by atoms with van der Waals surface area (Å²) >= 11 is 1.65. The monoisotopic (exact) mass is 373 g/mol. The molecule has 0 bridgehead atoms. The molecule has 1 unspecified atom stereocenters. The lowest BCUT2D eigenvalue weighted by Gasteiger charge is -2.19. The number of pyridine rings is 1. The molecule has 27 heavy (non-hydrogen) atoms. The van der Waals surface area contributed by atoms with E-state index in [4.69, 9.17) is 0 Å². The third kappa shape index (κ3) is 4.20. The van der Waals surface area contributed by atoms with E-state index < -0.39 is 0 Å². The van der Waals surface area contributed by atoms with E-state index >= 15 is 0 Å². The molecule has 134 valence electrons. The number of fused-ring (bicyclic) bond motifs is 1. The Labute approximate surface area is 161 Å². The lowest BCUT2D eigenvalue weighted by molar-refractivity contribution is -0.121. The van der Waals surface area contributed by atoms with E-state index in [-0.39, 0.29) is 11.9 Å². The maximum Gasteiger partial charge on any atom is 0.221 e. The first kappa shape index (κ1) is 17.4. The Kier molecular flexibility index (Phi) is 5.21. The fraction of sp³-hybridized carbons (Fsp3) is 0.136. The number of benzene rings is 2. The molecule has 4 aromatic rings. The van der Waals surface area contributed by atoms with Crippen molar-refractivity contribution in [3.8, 4) is 0 Å². The standard InChI is InChI=1S/C22H19N3OS/c26-20(10-11-21-24-18-8-4-5-9-19(18)27-21)25-22(16-6-2-1-3-7-16)17-12-14-23-15-13-17/h1-9,12-15,22H,10-11H2,(H,25,26). The molecule has 1 atom stereocenters. The molecule has 4 rings (SSSR count). The predicted octanol–water partition coefficient (Wildman–Crippen LogP) is 4.53. The van der Waals surface area contributed by atoms with Gasteiger partial charge >= 0.3 is 0 Å². The van der Waals surface area contributed by atoms with Crippen molar-refractivity contribution in [2.75, 3.05) is 0 Å². The number of hydrogen-bond acceptors (Lipinski definition) is 4. The van der Waals surface area contributed by atoms with E-state index in [1.54, 1.807) is 23.7 Å². The second-order valence-electron chi connectivity index (χ2n) is 6.27. The molecule has 5 heteroatoms. The molecule has 2 aromatic carbocycles. The summed E-state index contributed by atoms with van der Waals surface area (Å²) in [7, 11) is 0. The zero-order valence-corrected chi connectivity index (χ0v) is 15.5. The third-order valence-electron chi connectivity index (χ3n) is 4.38. The van der Waals surface area contributed by atoms with Crippen LogP contribution in [0.5, 0.6) is 0 Å². The molecule has 1 N–H and O–H groups in total. The fourth-order valence-electron chi connectivity index (χ4n) is 3.04. The molecule has 0 radical (unpaired) electrons. The second kappa shape index (κ2) is 8.10. The Morgan fingerprint density at radius 3 is 2.41 bits per heavy atom. The van der Waals surface area contributed by atoms with Gasteiger partial charge < -0.3 is 5.32 Å². The van der Waals surface area contributed by atoms with Crippen molar-refractivity contribution in [3.05, 3.63) is 95.3 Å². The van der Waals surface area contributed by atoms with Crippen LogP contribution >= 0.6 is 11.3 Å². The number of para-hydroxylation sites is 1. The number of nitrogens with zero attached hydrogens (tertiary/aromatic N) is 2. The van der Waals surface area contributed by atoms with Crippen LogP contribution in [0, 0.1) is 0 Å². The first-order valence-corrected chi connectivity index (χ1v) is 9.70. The van der Waals surface area contributed by atoms with Crippen molar-refractivity contribution >= 4 is 27.5 Å². The van der Waals surface area contributed by atoms with Crippen LogP contribution in [0.2, 0.25) is 0 Å². The zero-order chi connectivity index (χ0) is 18.5. The van der Waals surface area contributed by atoms with Gasteiger partial charge in [-0.25, -0.2) is 4.98 Å². The Bertz CT molecular complexity index is 959. The van der Waals surface area contributed by atoms with Crippen LogP contribution < -0.4 is 5.32 Å². The van der Waals surface area contributed by atoms with Crippen molar-refractivity contribution in [2.24, 2.45) is 0 Å². The van der Waals surface area contributed by atoms with E-state index in [0.29, 0.717) is 12.8 Å². The molecule has 0 fully saturated rings. The lowest BCUT2D eigenvalue weighted by Crippen LogP contribution is -2.29. The fourth-order valence-corrected chi connectivity index (χ4v) is 4.01. The van der Waals surface area contributed by atoms with Crippen molar-refractivity contribution in [3.63, 3.8) is 0 Å². The summed E-state index contributed by atoms with van der Waals surface area (Å²) in [6.07, 6.45) is 4.55. The summed E-state index contributed by atoms with van der Waals surface area (Å²) in [4.78, 5) is 21.3. The topological polar surface area (TPSA) is 54.9 Å². The van der Waals surface area contributed by atoms with Gasteiger partial charge in [0.05, 0.1) is 21.3 Å². The van der Waals surface area contributed by atoms with Gasteiger partial charge in [-0.2, -0.15) is 0 Å². The molecule has 0 aliphatic rings. The molecule has 0 spiro atoms. The minimum atomic E-state index is -0.183. The van der Waals surface area contributed by atoms with Gasteiger partial charge in [-0.3, -0.25) is 9.78 Å². The van der Waals surface area contributed by atoms with Crippen molar-refractivity contribution in [2.45, 2.75) is 18.9 Å². The van der Waals surface area contributed by atoms with E-state index in [1.807, 2.05) is 60.7 Å². The molecule has 2 heterocycles. The highest BCUT2D eigenvalue weighted by Crippen LogP contribution is 2.24. The average Bonchev–Trinajstić information content (AvgIpc) is 3.15. The highest BCUT2D eigenvalue weighted by molar-refractivity contribution is 7.18. The van der Waals surface area contributed by atoms with Crippen LogP contribution in [0.15, 0.2) is 79.1 Å². The van der Waals surface area contributed by atoms with Gasteiger partial charge in [0.25, 0.3) is 0 Å². The molecule has 4 nitrogen and oxygen atoms in total. The van der Waals surface area contributed by atoms with E-state index in [0.717, 1.165) is 26.4 Å². The molecular formula is C22H19N3OS. The molecule has 0 saturated heterocycles. The van der Waals surface area contributed by atoms with E-state index in [9.17, 15) is 4.79 Å². The molecule has 0 aliphatic heterocycles. The first-order valence-electron chi connectivity index (χ1n) is 8.88. The van der Waals surface area contributed by atoms with Crippen LogP contribution in [0.4, 0.5) is 0 Å². The quantitative estimate of drug-likeness (QED) is 0.540. The average molecular weight is 373 g/mol. The summed E-state index contributed by atoms with van der Waals surface area (Å²) in [6.45, 7) is 0. The largest absolute Gasteiger partial charge is 0.345 e. The Morgan fingerprint density at radius 1 is 0.926 bits per heavy atom. The highest BCUT2D eigenvalue weighted by Gasteiger charge is 2.17. The zero-order valence-electron chi connectivity index (χ0n) is 14.7. The number of aromatic nitrogens is 2. The number of amides is 1. The van der Waals surface area contributed by atoms with Gasteiger partial charge in [-0.05, 0) is 35.4 Å². The minimum absolute atomic E-state index is 0.0138. The van der Waals surface area contributed by atoms with Gasteiger partial charge in [-0.1, -0.05) is 42.5 Å². The van der Waals surface area contributed by atoms with Crippen molar-refractivity contribution in [1.29, 1.82) is 0 Å². The maximum atomic E-state index is 12.6. The molecule has 1 amide bonds. The Hall–Kier alpha value is -3.05. The predicted molar refractivity (Wildman–Crippen MR) is 109 cm³/mol. The second-order valence-corrected chi connectivity index (χ2v) is 7.38. The van der Waals surface area contributed by atoms with Crippen molar-refractivity contribution in [1.82, 2.24) is 15.3 Å². The van der Waals surface area contributed by atoms with Crippen LogP contribution in [-0.4, -0.2) is 15.9 Å². The highest BCUT2D eigenvalue weighted by atomic mass is 32.1. The van der Waals surface area contributed by atoms with Gasteiger partial charge in [0.15, 0.2) is 0 Å². The lowest BCUT2D eigenvalue weighted by atomic mass is 9.99. The van der Waals surface area contributed by atoms with Crippen LogP contribution in [0.1, 0.15) is 28.6 Å². The normalized spacial score (nSPS) is 12.0. The van der Waals surface area contributed by atoms with Crippen LogP contribution in [0.3, 0.4) is 0 Å². The number of rotatable bonds is 6. The molecule has 0 saturated carbocycles. The van der Waals surface area contributed by atoms with Gasteiger partial charge in [0, 0.05) is 25.2 Å².